The molecule has 1 aromatic heterocycles. The average Bonchev–Trinajstić information content (AvgIpc) is 2.46. The van der Waals surface area contributed by atoms with Crippen molar-refractivity contribution in [3.8, 4) is 0 Å². The first-order chi connectivity index (χ1) is 6.48. The summed E-state index contributed by atoms with van der Waals surface area (Å²) >= 11 is 5.40. The lowest BCUT2D eigenvalue weighted by Gasteiger charge is -2.16. The maximum Gasteiger partial charge on any atom is 0.0776 e. The number of benzene rings is 1. The standard InChI is InChI=1S/C11H13BrSSi/c1-14(2,3)8-4-5-11-9(6-8)10(12)7-13-11/h4-7H,1-3H3. The van der Waals surface area contributed by atoms with E-state index in [0.29, 0.717) is 0 Å². The van der Waals surface area contributed by atoms with E-state index in [1.54, 1.807) is 11.3 Å². The topological polar surface area (TPSA) is 0 Å². The molecule has 0 aliphatic rings. The van der Waals surface area contributed by atoms with Crippen molar-refractivity contribution in [2.45, 2.75) is 19.6 Å². The normalized spacial score (nSPS) is 12.3. The zero-order chi connectivity index (χ0) is 10.3. The van der Waals surface area contributed by atoms with Crippen LogP contribution in [0.2, 0.25) is 19.6 Å². The molecule has 0 nitrogen and oxygen atoms in total. The largest absolute Gasteiger partial charge is 0.143 e. The van der Waals surface area contributed by atoms with Crippen LogP contribution >= 0.6 is 27.3 Å². The van der Waals surface area contributed by atoms with E-state index in [1.165, 1.54) is 19.7 Å². The zero-order valence-corrected chi connectivity index (χ0v) is 12.0. The molecule has 0 amide bonds. The van der Waals surface area contributed by atoms with Gasteiger partial charge >= 0.3 is 0 Å². The summed E-state index contributed by atoms with van der Waals surface area (Å²) in [7, 11) is -1.16. The highest BCUT2D eigenvalue weighted by atomic mass is 79.9. The lowest BCUT2D eigenvalue weighted by Crippen LogP contribution is -2.37. The third kappa shape index (κ3) is 1.81. The van der Waals surface area contributed by atoms with Crippen molar-refractivity contribution < 1.29 is 0 Å². The van der Waals surface area contributed by atoms with Crippen molar-refractivity contribution >= 4 is 50.6 Å². The van der Waals surface area contributed by atoms with Crippen LogP contribution in [0.3, 0.4) is 0 Å². The van der Waals surface area contributed by atoms with E-state index in [4.69, 9.17) is 0 Å². The van der Waals surface area contributed by atoms with Crippen molar-refractivity contribution in [2.24, 2.45) is 0 Å². The SMILES string of the molecule is C[Si](C)(C)c1ccc2scc(Br)c2c1. The fourth-order valence-corrected chi connectivity index (χ4v) is 4.16. The molecule has 74 valence electrons. The lowest BCUT2D eigenvalue weighted by atomic mass is 10.3. The van der Waals surface area contributed by atoms with Crippen LogP contribution in [0.5, 0.6) is 0 Å². The molecule has 0 aliphatic carbocycles. The molecule has 0 bridgehead atoms. The second kappa shape index (κ2) is 3.47. The Bertz CT molecular complexity index is 468. The zero-order valence-electron chi connectivity index (χ0n) is 8.60. The summed E-state index contributed by atoms with van der Waals surface area (Å²) in [6, 6.07) is 6.89. The highest BCUT2D eigenvalue weighted by molar-refractivity contribution is 9.10. The van der Waals surface area contributed by atoms with Gasteiger partial charge in [-0.15, -0.1) is 11.3 Å². The number of hydrogen-bond acceptors (Lipinski definition) is 1. The molecule has 0 atom stereocenters. The van der Waals surface area contributed by atoms with Gasteiger partial charge in [0, 0.05) is 19.9 Å². The lowest BCUT2D eigenvalue weighted by molar-refractivity contribution is 1.73. The van der Waals surface area contributed by atoms with Gasteiger partial charge in [0.1, 0.15) is 0 Å². The summed E-state index contributed by atoms with van der Waals surface area (Å²) in [5.41, 5.74) is 0. The van der Waals surface area contributed by atoms with Crippen LogP contribution in [-0.2, 0) is 0 Å². The monoisotopic (exact) mass is 284 g/mol. The van der Waals surface area contributed by atoms with Gasteiger partial charge in [-0.25, -0.2) is 0 Å². The Morgan fingerprint density at radius 2 is 1.93 bits per heavy atom. The summed E-state index contributed by atoms with van der Waals surface area (Å²) < 4.78 is 2.61. The quantitative estimate of drug-likeness (QED) is 0.689. The first-order valence-corrected chi connectivity index (χ1v) is 9.83. The summed E-state index contributed by atoms with van der Waals surface area (Å²) in [5.74, 6) is 0. The van der Waals surface area contributed by atoms with Gasteiger partial charge in [0.15, 0.2) is 0 Å². The second-order valence-corrected chi connectivity index (χ2v) is 11.4. The molecular formula is C11H13BrSSi. The third-order valence-electron chi connectivity index (χ3n) is 2.39. The molecule has 0 spiro atoms. The smallest absolute Gasteiger partial charge is 0.0776 e. The highest BCUT2D eigenvalue weighted by Crippen LogP contribution is 2.29. The van der Waals surface area contributed by atoms with E-state index in [1.807, 2.05) is 0 Å². The van der Waals surface area contributed by atoms with Crippen molar-refractivity contribution in [1.82, 2.24) is 0 Å². The molecule has 0 unspecified atom stereocenters. The van der Waals surface area contributed by atoms with E-state index in [0.717, 1.165) is 0 Å². The summed E-state index contributed by atoms with van der Waals surface area (Å²) in [4.78, 5) is 0. The maximum atomic E-state index is 3.59. The molecule has 0 fully saturated rings. The Balaban J connectivity index is 2.66. The van der Waals surface area contributed by atoms with Gasteiger partial charge < -0.3 is 0 Å². The van der Waals surface area contributed by atoms with Gasteiger partial charge in [-0.1, -0.05) is 37.0 Å². The number of thiophene rings is 1. The van der Waals surface area contributed by atoms with Crippen LogP contribution in [0.15, 0.2) is 28.1 Å². The summed E-state index contributed by atoms with van der Waals surface area (Å²) in [6.45, 7) is 7.15. The Hall–Kier alpha value is -0.123. The number of fused-ring (bicyclic) bond motifs is 1. The molecule has 2 aromatic rings. The Morgan fingerprint density at radius 1 is 1.21 bits per heavy atom. The molecular weight excluding hydrogens is 272 g/mol. The number of hydrogen-bond donors (Lipinski definition) is 0. The number of rotatable bonds is 1. The van der Waals surface area contributed by atoms with E-state index in [-0.39, 0.29) is 0 Å². The minimum atomic E-state index is -1.16. The molecule has 0 N–H and O–H groups in total. The Kier molecular flexibility index (Phi) is 2.58. The van der Waals surface area contributed by atoms with Gasteiger partial charge in [0.05, 0.1) is 8.07 Å². The van der Waals surface area contributed by atoms with Crippen LogP contribution in [0, 0.1) is 0 Å². The van der Waals surface area contributed by atoms with Gasteiger partial charge in [-0.05, 0) is 22.0 Å². The van der Waals surface area contributed by atoms with Crippen molar-refractivity contribution in [2.75, 3.05) is 0 Å². The van der Waals surface area contributed by atoms with Crippen LogP contribution in [0.1, 0.15) is 0 Å². The predicted molar refractivity (Wildman–Crippen MR) is 72.5 cm³/mol. The molecule has 1 aromatic carbocycles. The van der Waals surface area contributed by atoms with Gasteiger partial charge in [0.25, 0.3) is 0 Å². The van der Waals surface area contributed by atoms with Gasteiger partial charge in [-0.2, -0.15) is 0 Å². The predicted octanol–water partition coefficient (Wildman–Crippen LogP) is 4.21. The van der Waals surface area contributed by atoms with Crippen LogP contribution < -0.4 is 5.19 Å². The molecule has 3 heteroatoms. The van der Waals surface area contributed by atoms with E-state index in [9.17, 15) is 0 Å². The minimum absolute atomic E-state index is 1.16. The van der Waals surface area contributed by atoms with Crippen molar-refractivity contribution in [3.63, 3.8) is 0 Å². The van der Waals surface area contributed by atoms with E-state index in [2.05, 4.69) is 59.2 Å². The number of halogens is 1. The van der Waals surface area contributed by atoms with Crippen molar-refractivity contribution in [1.29, 1.82) is 0 Å². The van der Waals surface area contributed by atoms with Gasteiger partial charge in [0.2, 0.25) is 0 Å². The van der Waals surface area contributed by atoms with E-state index < -0.39 is 8.07 Å². The first-order valence-electron chi connectivity index (χ1n) is 4.66. The Labute approximate surface area is 98.1 Å². The first kappa shape index (κ1) is 10.4. The molecule has 0 saturated carbocycles. The minimum Gasteiger partial charge on any atom is -0.143 e. The van der Waals surface area contributed by atoms with Crippen LogP contribution in [0.4, 0.5) is 0 Å². The molecule has 0 aliphatic heterocycles. The summed E-state index contributed by atoms with van der Waals surface area (Å²) in [5, 5.41) is 5.07. The maximum absolute atomic E-state index is 3.59. The van der Waals surface area contributed by atoms with Crippen molar-refractivity contribution in [3.05, 3.63) is 28.1 Å². The molecule has 14 heavy (non-hydrogen) atoms. The second-order valence-electron chi connectivity index (χ2n) is 4.54. The molecule has 0 saturated heterocycles. The summed E-state index contributed by atoms with van der Waals surface area (Å²) in [6.07, 6.45) is 0. The van der Waals surface area contributed by atoms with Crippen LogP contribution in [0.25, 0.3) is 10.1 Å². The third-order valence-corrected chi connectivity index (χ3v) is 6.36. The highest BCUT2D eigenvalue weighted by Gasteiger charge is 2.16. The van der Waals surface area contributed by atoms with E-state index >= 15 is 0 Å². The fourth-order valence-electron chi connectivity index (χ4n) is 1.46. The molecule has 0 radical (unpaired) electrons. The molecule has 2 rings (SSSR count). The van der Waals surface area contributed by atoms with Gasteiger partial charge in [-0.3, -0.25) is 0 Å². The average molecular weight is 285 g/mol. The molecule has 1 heterocycles. The fraction of sp³-hybridized carbons (Fsp3) is 0.273. The van der Waals surface area contributed by atoms with Crippen LogP contribution in [-0.4, -0.2) is 8.07 Å². The Morgan fingerprint density at radius 3 is 2.57 bits per heavy atom.